The molecular weight excluding hydrogens is 316 g/mol. The molecule has 0 saturated heterocycles. The van der Waals surface area contributed by atoms with Gasteiger partial charge in [0.2, 0.25) is 0 Å². The van der Waals surface area contributed by atoms with Crippen LogP contribution in [0.3, 0.4) is 0 Å². The summed E-state index contributed by atoms with van der Waals surface area (Å²) in [6.07, 6.45) is 2.52. The van der Waals surface area contributed by atoms with E-state index in [2.05, 4.69) is 17.1 Å². The molecule has 1 aliphatic rings. The van der Waals surface area contributed by atoms with Crippen molar-refractivity contribution >= 4 is 5.82 Å². The van der Waals surface area contributed by atoms with Crippen LogP contribution in [0.15, 0.2) is 29.1 Å². The number of benzene rings is 1. The van der Waals surface area contributed by atoms with E-state index < -0.39 is 5.56 Å². The molecule has 0 fully saturated rings. The Kier molecular flexibility index (Phi) is 5.03. The number of nitrogens with zero attached hydrogens (tertiary/aromatic N) is 4. The molecule has 130 valence electrons. The third-order valence-corrected chi connectivity index (χ3v) is 4.44. The average molecular weight is 338 g/mol. The summed E-state index contributed by atoms with van der Waals surface area (Å²) in [5.74, 6) is 0.934. The number of fused-ring (bicyclic) bond motifs is 1. The van der Waals surface area contributed by atoms with Crippen LogP contribution in [0.25, 0.3) is 0 Å². The third-order valence-electron chi connectivity index (χ3n) is 4.44. The highest BCUT2D eigenvalue weighted by Crippen LogP contribution is 2.21. The summed E-state index contributed by atoms with van der Waals surface area (Å²) in [6, 6.07) is 10.4. The van der Waals surface area contributed by atoms with Crippen LogP contribution in [0.2, 0.25) is 0 Å². The molecule has 0 atom stereocenters. The highest BCUT2D eigenvalue weighted by molar-refractivity contribution is 5.53. The lowest BCUT2D eigenvalue weighted by Gasteiger charge is -2.23. The summed E-state index contributed by atoms with van der Waals surface area (Å²) in [6.45, 7) is 5.57. The monoisotopic (exact) mass is 338 g/mol. The standard InChI is InChI=1S/C19H22N4O2/c1-3-12-25-23-14(2)21-18(17(13-20)19(23)24)22-10-8-15-6-4-5-7-16(15)9-11-22/h4-7H,3,8-12H2,1-2H3. The molecule has 6 nitrogen and oxygen atoms in total. The number of hydrogen-bond acceptors (Lipinski definition) is 5. The Labute approximate surface area is 147 Å². The van der Waals surface area contributed by atoms with E-state index in [1.165, 1.54) is 11.1 Å². The quantitative estimate of drug-likeness (QED) is 0.851. The van der Waals surface area contributed by atoms with Gasteiger partial charge < -0.3 is 9.74 Å². The summed E-state index contributed by atoms with van der Waals surface area (Å²) in [5, 5.41) is 9.53. The van der Waals surface area contributed by atoms with Gasteiger partial charge in [-0.25, -0.2) is 4.98 Å². The topological polar surface area (TPSA) is 71.2 Å². The molecule has 0 aliphatic carbocycles. The Bertz CT molecular complexity index is 840. The van der Waals surface area contributed by atoms with E-state index >= 15 is 0 Å². The van der Waals surface area contributed by atoms with E-state index in [4.69, 9.17) is 4.84 Å². The van der Waals surface area contributed by atoms with Crippen LogP contribution in [0.4, 0.5) is 5.82 Å². The first-order valence-corrected chi connectivity index (χ1v) is 8.64. The predicted octanol–water partition coefficient (Wildman–Crippen LogP) is 1.87. The van der Waals surface area contributed by atoms with Crippen molar-refractivity contribution in [2.24, 2.45) is 0 Å². The number of nitriles is 1. The summed E-state index contributed by atoms with van der Waals surface area (Å²) < 4.78 is 1.14. The van der Waals surface area contributed by atoms with Gasteiger partial charge >= 0.3 is 5.56 Å². The van der Waals surface area contributed by atoms with Gasteiger partial charge in [-0.3, -0.25) is 4.79 Å². The molecule has 0 N–H and O–H groups in total. The van der Waals surface area contributed by atoms with Gasteiger partial charge in [-0.2, -0.15) is 5.26 Å². The van der Waals surface area contributed by atoms with Gasteiger partial charge in [-0.1, -0.05) is 31.2 Å². The Morgan fingerprint density at radius 2 is 1.88 bits per heavy atom. The van der Waals surface area contributed by atoms with E-state index in [0.29, 0.717) is 18.2 Å². The molecule has 0 bridgehead atoms. The van der Waals surface area contributed by atoms with Crippen LogP contribution >= 0.6 is 0 Å². The maximum Gasteiger partial charge on any atom is 0.306 e. The summed E-state index contributed by atoms with van der Waals surface area (Å²) >= 11 is 0. The fourth-order valence-electron chi connectivity index (χ4n) is 3.14. The van der Waals surface area contributed by atoms with E-state index in [1.54, 1.807) is 6.92 Å². The largest absolute Gasteiger partial charge is 0.409 e. The zero-order valence-electron chi connectivity index (χ0n) is 14.7. The molecular formula is C19H22N4O2. The lowest BCUT2D eigenvalue weighted by Crippen LogP contribution is -2.36. The van der Waals surface area contributed by atoms with Gasteiger partial charge in [0.25, 0.3) is 0 Å². The van der Waals surface area contributed by atoms with Crippen LogP contribution in [-0.2, 0) is 12.8 Å². The fraction of sp³-hybridized carbons (Fsp3) is 0.421. The summed E-state index contributed by atoms with van der Waals surface area (Å²) in [4.78, 5) is 24.7. The second kappa shape index (κ2) is 7.39. The summed E-state index contributed by atoms with van der Waals surface area (Å²) in [7, 11) is 0. The number of aromatic nitrogens is 2. The van der Waals surface area contributed by atoms with Crippen molar-refractivity contribution in [2.75, 3.05) is 24.6 Å². The SMILES string of the molecule is CCCOn1c(C)nc(N2CCc3ccccc3CC2)c(C#N)c1=O. The molecule has 3 rings (SSSR count). The predicted molar refractivity (Wildman–Crippen MR) is 95.8 cm³/mol. The van der Waals surface area contributed by atoms with Crippen molar-refractivity contribution in [3.05, 3.63) is 57.1 Å². The van der Waals surface area contributed by atoms with Crippen molar-refractivity contribution in [1.82, 2.24) is 9.71 Å². The van der Waals surface area contributed by atoms with Crippen LogP contribution < -0.4 is 15.3 Å². The first-order chi connectivity index (χ1) is 12.2. The Morgan fingerprint density at radius 1 is 1.24 bits per heavy atom. The van der Waals surface area contributed by atoms with Crippen LogP contribution in [-0.4, -0.2) is 29.4 Å². The molecule has 2 heterocycles. The number of aryl methyl sites for hydroxylation is 1. The summed E-state index contributed by atoms with van der Waals surface area (Å²) in [5.41, 5.74) is 2.26. The van der Waals surface area contributed by atoms with E-state index in [9.17, 15) is 10.1 Å². The zero-order valence-corrected chi connectivity index (χ0v) is 14.7. The highest BCUT2D eigenvalue weighted by Gasteiger charge is 2.22. The van der Waals surface area contributed by atoms with Crippen molar-refractivity contribution < 1.29 is 4.84 Å². The fourth-order valence-corrected chi connectivity index (χ4v) is 3.14. The first-order valence-electron chi connectivity index (χ1n) is 8.64. The van der Waals surface area contributed by atoms with Gasteiger partial charge in [0.15, 0.2) is 11.4 Å². The zero-order chi connectivity index (χ0) is 17.8. The molecule has 1 aromatic carbocycles. The van der Waals surface area contributed by atoms with Crippen LogP contribution in [0.5, 0.6) is 0 Å². The number of rotatable bonds is 4. The maximum absolute atomic E-state index is 12.6. The minimum Gasteiger partial charge on any atom is -0.409 e. The van der Waals surface area contributed by atoms with Crippen molar-refractivity contribution in [3.8, 4) is 6.07 Å². The Hall–Kier alpha value is -2.81. The third kappa shape index (κ3) is 3.36. The first kappa shape index (κ1) is 17.0. The van der Waals surface area contributed by atoms with Gasteiger partial charge in [-0.15, -0.1) is 4.73 Å². The maximum atomic E-state index is 12.6. The number of hydrogen-bond donors (Lipinski definition) is 0. The van der Waals surface area contributed by atoms with Gasteiger partial charge in [0.05, 0.1) is 0 Å². The Balaban J connectivity index is 1.95. The molecule has 1 aromatic heterocycles. The molecule has 1 aliphatic heterocycles. The molecule has 0 saturated carbocycles. The smallest absolute Gasteiger partial charge is 0.306 e. The normalized spacial score (nSPS) is 13.7. The molecule has 0 spiro atoms. The van der Waals surface area contributed by atoms with E-state index in [1.807, 2.05) is 30.0 Å². The van der Waals surface area contributed by atoms with Gasteiger partial charge in [0.1, 0.15) is 18.5 Å². The molecule has 0 radical (unpaired) electrons. The minimum atomic E-state index is -0.430. The minimum absolute atomic E-state index is 0.0488. The lowest BCUT2D eigenvalue weighted by molar-refractivity contribution is 0.0943. The molecule has 0 unspecified atom stereocenters. The molecule has 0 amide bonds. The van der Waals surface area contributed by atoms with Gasteiger partial charge in [0, 0.05) is 13.1 Å². The molecule has 25 heavy (non-hydrogen) atoms. The second-order valence-electron chi connectivity index (χ2n) is 6.16. The molecule has 2 aromatic rings. The van der Waals surface area contributed by atoms with E-state index in [0.717, 1.165) is 37.1 Å². The Morgan fingerprint density at radius 3 is 2.44 bits per heavy atom. The second-order valence-corrected chi connectivity index (χ2v) is 6.16. The average Bonchev–Trinajstić information content (AvgIpc) is 2.84. The molecule has 6 heteroatoms. The van der Waals surface area contributed by atoms with E-state index in [-0.39, 0.29) is 5.56 Å². The van der Waals surface area contributed by atoms with Gasteiger partial charge in [-0.05, 0) is 37.3 Å². The number of anilines is 1. The lowest BCUT2D eigenvalue weighted by atomic mass is 10.0. The highest BCUT2D eigenvalue weighted by atomic mass is 16.7. The van der Waals surface area contributed by atoms with Crippen molar-refractivity contribution in [2.45, 2.75) is 33.1 Å². The van der Waals surface area contributed by atoms with Crippen LogP contribution in [0, 0.1) is 18.3 Å². The van der Waals surface area contributed by atoms with Crippen molar-refractivity contribution in [1.29, 1.82) is 5.26 Å². The van der Waals surface area contributed by atoms with Crippen LogP contribution in [0.1, 0.15) is 35.9 Å². The van der Waals surface area contributed by atoms with Crippen molar-refractivity contribution in [3.63, 3.8) is 0 Å².